The summed E-state index contributed by atoms with van der Waals surface area (Å²) in [4.78, 5) is 22.1. The molecule has 0 fully saturated rings. The first-order valence-electron chi connectivity index (χ1n) is 4.15. The van der Waals surface area contributed by atoms with E-state index in [1.807, 2.05) is 0 Å². The first kappa shape index (κ1) is 9.79. The highest BCUT2D eigenvalue weighted by atomic mass is 35.5. The maximum Gasteiger partial charge on any atom is 0.420 e. The standard InChI is InChI=1S/C9H7ClN2O3/c10-5-1-2-7-6(3-5)12(4-8(11)13)9(14)15-7/h1-3H,4H2,(H2,11,13). The van der Waals surface area contributed by atoms with Gasteiger partial charge in [0.15, 0.2) is 5.58 Å². The van der Waals surface area contributed by atoms with E-state index in [2.05, 4.69) is 0 Å². The van der Waals surface area contributed by atoms with Crippen LogP contribution in [-0.4, -0.2) is 10.5 Å². The van der Waals surface area contributed by atoms with Crippen LogP contribution in [0.5, 0.6) is 0 Å². The summed E-state index contributed by atoms with van der Waals surface area (Å²) < 4.78 is 6.04. The number of benzene rings is 1. The molecular formula is C9H7ClN2O3. The van der Waals surface area contributed by atoms with Crippen molar-refractivity contribution in [1.82, 2.24) is 4.57 Å². The number of oxazole rings is 1. The van der Waals surface area contributed by atoms with Crippen LogP contribution in [0.25, 0.3) is 11.1 Å². The van der Waals surface area contributed by atoms with Crippen molar-refractivity contribution < 1.29 is 9.21 Å². The third-order valence-corrected chi connectivity index (χ3v) is 2.18. The lowest BCUT2D eigenvalue weighted by Gasteiger charge is -1.97. The molecule has 1 heterocycles. The minimum absolute atomic E-state index is 0.216. The van der Waals surface area contributed by atoms with Crippen molar-refractivity contribution in [2.75, 3.05) is 0 Å². The van der Waals surface area contributed by atoms with Gasteiger partial charge in [-0.2, -0.15) is 0 Å². The number of nitrogens with two attached hydrogens (primary N) is 1. The summed E-state index contributed by atoms with van der Waals surface area (Å²) in [5.41, 5.74) is 5.85. The van der Waals surface area contributed by atoms with Gasteiger partial charge >= 0.3 is 5.76 Å². The molecule has 0 unspecified atom stereocenters. The largest absolute Gasteiger partial charge is 0.420 e. The summed E-state index contributed by atoms with van der Waals surface area (Å²) in [7, 11) is 0. The smallest absolute Gasteiger partial charge is 0.408 e. The molecule has 0 atom stereocenters. The zero-order valence-electron chi connectivity index (χ0n) is 7.57. The lowest BCUT2D eigenvalue weighted by Crippen LogP contribution is -2.24. The molecule has 2 aromatic rings. The summed E-state index contributed by atoms with van der Waals surface area (Å²) in [6, 6.07) is 4.71. The maximum atomic E-state index is 11.3. The highest BCUT2D eigenvalue weighted by Gasteiger charge is 2.10. The number of nitrogens with zero attached hydrogens (tertiary/aromatic N) is 1. The minimum Gasteiger partial charge on any atom is -0.408 e. The Balaban J connectivity index is 2.70. The van der Waals surface area contributed by atoms with E-state index >= 15 is 0 Å². The first-order chi connectivity index (χ1) is 7.08. The van der Waals surface area contributed by atoms with Crippen LogP contribution in [-0.2, 0) is 11.3 Å². The van der Waals surface area contributed by atoms with Crippen LogP contribution in [0.1, 0.15) is 0 Å². The zero-order valence-corrected chi connectivity index (χ0v) is 8.32. The number of hydrogen-bond acceptors (Lipinski definition) is 3. The van der Waals surface area contributed by atoms with Gasteiger partial charge in [0.1, 0.15) is 6.54 Å². The Kier molecular flexibility index (Phi) is 2.24. The van der Waals surface area contributed by atoms with E-state index in [0.29, 0.717) is 16.1 Å². The topological polar surface area (TPSA) is 78.2 Å². The van der Waals surface area contributed by atoms with E-state index in [-0.39, 0.29) is 6.54 Å². The SMILES string of the molecule is NC(=O)Cn1c(=O)oc2ccc(Cl)cc21. The summed E-state index contributed by atoms with van der Waals surface area (Å²) in [5, 5.41) is 0.460. The van der Waals surface area contributed by atoms with Crippen LogP contribution in [0.2, 0.25) is 5.02 Å². The quantitative estimate of drug-likeness (QED) is 0.820. The molecule has 0 saturated carbocycles. The maximum absolute atomic E-state index is 11.3. The van der Waals surface area contributed by atoms with Crippen LogP contribution in [0.3, 0.4) is 0 Å². The van der Waals surface area contributed by atoms with E-state index in [0.717, 1.165) is 4.57 Å². The summed E-state index contributed by atoms with van der Waals surface area (Å²) in [6.45, 7) is -0.216. The van der Waals surface area contributed by atoms with Crippen molar-refractivity contribution >= 4 is 28.6 Å². The fourth-order valence-corrected chi connectivity index (χ4v) is 1.51. The number of carbonyl (C=O) groups excluding carboxylic acids is 1. The molecule has 0 bridgehead atoms. The van der Waals surface area contributed by atoms with Gasteiger partial charge in [0.25, 0.3) is 0 Å². The molecule has 0 aliphatic rings. The van der Waals surface area contributed by atoms with E-state index < -0.39 is 11.7 Å². The molecule has 15 heavy (non-hydrogen) atoms. The summed E-state index contributed by atoms with van der Waals surface area (Å²) >= 11 is 5.76. The Hall–Kier alpha value is -1.75. The lowest BCUT2D eigenvalue weighted by molar-refractivity contribution is -0.118. The lowest BCUT2D eigenvalue weighted by atomic mass is 10.3. The average Bonchev–Trinajstić information content (AvgIpc) is 2.43. The number of rotatable bonds is 2. The van der Waals surface area contributed by atoms with E-state index in [4.69, 9.17) is 21.8 Å². The molecule has 5 nitrogen and oxygen atoms in total. The fourth-order valence-electron chi connectivity index (χ4n) is 1.34. The highest BCUT2D eigenvalue weighted by molar-refractivity contribution is 6.31. The average molecular weight is 227 g/mol. The van der Waals surface area contributed by atoms with Crippen molar-refractivity contribution in [3.05, 3.63) is 33.8 Å². The van der Waals surface area contributed by atoms with Gasteiger partial charge in [-0.15, -0.1) is 0 Å². The number of fused-ring (bicyclic) bond motifs is 1. The highest BCUT2D eigenvalue weighted by Crippen LogP contribution is 2.18. The Morgan fingerprint density at radius 2 is 2.27 bits per heavy atom. The van der Waals surface area contributed by atoms with Gasteiger partial charge in [-0.25, -0.2) is 4.79 Å². The van der Waals surface area contributed by atoms with Crippen molar-refractivity contribution in [1.29, 1.82) is 0 Å². The molecule has 1 aromatic heterocycles. The predicted molar refractivity (Wildman–Crippen MR) is 54.7 cm³/mol. The Morgan fingerprint density at radius 3 is 2.93 bits per heavy atom. The Labute approximate surface area is 89.0 Å². The monoisotopic (exact) mass is 226 g/mol. The third-order valence-electron chi connectivity index (χ3n) is 1.94. The second-order valence-corrected chi connectivity index (χ2v) is 3.47. The molecule has 78 valence electrons. The number of amides is 1. The molecule has 1 aromatic carbocycles. The zero-order chi connectivity index (χ0) is 11.0. The number of carbonyl (C=O) groups is 1. The van der Waals surface area contributed by atoms with Gasteiger partial charge in [-0.05, 0) is 18.2 Å². The van der Waals surface area contributed by atoms with Crippen LogP contribution < -0.4 is 11.5 Å². The number of aromatic nitrogens is 1. The normalized spacial score (nSPS) is 10.7. The Morgan fingerprint density at radius 1 is 1.53 bits per heavy atom. The first-order valence-corrected chi connectivity index (χ1v) is 4.53. The van der Waals surface area contributed by atoms with E-state index in [1.165, 1.54) is 0 Å². The van der Waals surface area contributed by atoms with Gasteiger partial charge < -0.3 is 10.2 Å². The van der Waals surface area contributed by atoms with Crippen LogP contribution in [0.4, 0.5) is 0 Å². The van der Waals surface area contributed by atoms with Gasteiger partial charge in [0.05, 0.1) is 5.52 Å². The number of halogens is 1. The minimum atomic E-state index is -0.619. The number of hydrogen-bond donors (Lipinski definition) is 1. The predicted octanol–water partition coefficient (Wildman–Crippen LogP) is 0.733. The molecule has 6 heteroatoms. The van der Waals surface area contributed by atoms with Crippen molar-refractivity contribution in [3.63, 3.8) is 0 Å². The molecule has 0 radical (unpaired) electrons. The van der Waals surface area contributed by atoms with E-state index in [1.54, 1.807) is 18.2 Å². The third kappa shape index (κ3) is 1.73. The van der Waals surface area contributed by atoms with Crippen LogP contribution in [0, 0.1) is 0 Å². The fraction of sp³-hybridized carbons (Fsp3) is 0.111. The molecule has 0 aliphatic heterocycles. The van der Waals surface area contributed by atoms with E-state index in [9.17, 15) is 9.59 Å². The molecule has 0 spiro atoms. The van der Waals surface area contributed by atoms with Gasteiger partial charge in [0.2, 0.25) is 5.91 Å². The van der Waals surface area contributed by atoms with Gasteiger partial charge in [0, 0.05) is 5.02 Å². The summed E-state index contributed by atoms with van der Waals surface area (Å²) in [6.07, 6.45) is 0. The molecule has 0 aliphatic carbocycles. The van der Waals surface area contributed by atoms with Crippen molar-refractivity contribution in [2.45, 2.75) is 6.54 Å². The molecule has 2 rings (SSSR count). The van der Waals surface area contributed by atoms with Crippen molar-refractivity contribution in [3.8, 4) is 0 Å². The van der Waals surface area contributed by atoms with Crippen LogP contribution >= 0.6 is 11.6 Å². The van der Waals surface area contributed by atoms with Crippen molar-refractivity contribution in [2.24, 2.45) is 5.73 Å². The van der Waals surface area contributed by atoms with Gasteiger partial charge in [-0.3, -0.25) is 9.36 Å². The Bertz CT molecular complexity index is 585. The van der Waals surface area contributed by atoms with Gasteiger partial charge in [-0.1, -0.05) is 11.6 Å². The molecular weight excluding hydrogens is 220 g/mol. The summed E-state index contributed by atoms with van der Waals surface area (Å²) in [5.74, 6) is -1.23. The molecule has 2 N–H and O–H groups in total. The second-order valence-electron chi connectivity index (χ2n) is 3.03. The van der Waals surface area contributed by atoms with Crippen LogP contribution in [0.15, 0.2) is 27.4 Å². The number of primary amides is 1. The molecule has 0 saturated heterocycles. The molecule has 1 amide bonds. The second kappa shape index (κ2) is 3.43.